The van der Waals surface area contributed by atoms with Crippen molar-refractivity contribution in [2.24, 2.45) is 0 Å². The van der Waals surface area contributed by atoms with Gasteiger partial charge in [-0.05, 0) is 24.3 Å². The van der Waals surface area contributed by atoms with Crippen LogP contribution in [0.3, 0.4) is 0 Å². The number of benzene rings is 1. The van der Waals surface area contributed by atoms with Crippen molar-refractivity contribution in [3.63, 3.8) is 0 Å². The molecular formula is C12H9NO2S. The standard InChI is InChI=1S/C12H9NO2S/c14-12(15)9-6-7-13-11(8-9)16-10-4-2-1-3-5-10/h1-8H,(H,14,15). The van der Waals surface area contributed by atoms with Gasteiger partial charge in [0.1, 0.15) is 5.03 Å². The lowest BCUT2D eigenvalue weighted by molar-refractivity contribution is 0.0696. The molecule has 0 fully saturated rings. The molecule has 16 heavy (non-hydrogen) atoms. The van der Waals surface area contributed by atoms with Gasteiger partial charge in [0.15, 0.2) is 0 Å². The maximum absolute atomic E-state index is 10.8. The number of hydrogen-bond acceptors (Lipinski definition) is 3. The van der Waals surface area contributed by atoms with E-state index in [1.807, 2.05) is 30.3 Å². The topological polar surface area (TPSA) is 50.2 Å². The number of carboxylic acid groups (broad SMARTS) is 1. The number of hydrogen-bond donors (Lipinski definition) is 1. The molecule has 1 N–H and O–H groups in total. The summed E-state index contributed by atoms with van der Waals surface area (Å²) in [5, 5.41) is 9.52. The number of aromatic carboxylic acids is 1. The van der Waals surface area contributed by atoms with Crippen LogP contribution in [0.25, 0.3) is 0 Å². The predicted octanol–water partition coefficient (Wildman–Crippen LogP) is 2.93. The van der Waals surface area contributed by atoms with Crippen LogP contribution in [0.15, 0.2) is 58.6 Å². The van der Waals surface area contributed by atoms with E-state index in [1.54, 1.807) is 6.07 Å². The Morgan fingerprint density at radius 3 is 2.62 bits per heavy atom. The molecule has 2 rings (SSSR count). The molecule has 1 aromatic carbocycles. The summed E-state index contributed by atoms with van der Waals surface area (Å²) in [6, 6.07) is 12.8. The minimum Gasteiger partial charge on any atom is -0.478 e. The van der Waals surface area contributed by atoms with Crippen LogP contribution in [-0.2, 0) is 0 Å². The Morgan fingerprint density at radius 1 is 1.19 bits per heavy atom. The maximum Gasteiger partial charge on any atom is 0.335 e. The summed E-state index contributed by atoms with van der Waals surface area (Å²) >= 11 is 1.44. The van der Waals surface area contributed by atoms with E-state index < -0.39 is 5.97 Å². The predicted molar refractivity (Wildman–Crippen MR) is 61.8 cm³/mol. The first-order valence-corrected chi connectivity index (χ1v) is 5.49. The normalized spacial score (nSPS) is 10.0. The number of pyridine rings is 1. The summed E-state index contributed by atoms with van der Waals surface area (Å²) in [6.45, 7) is 0. The summed E-state index contributed by atoms with van der Waals surface area (Å²) in [5.74, 6) is -0.933. The van der Waals surface area contributed by atoms with Crippen molar-refractivity contribution in [1.29, 1.82) is 0 Å². The van der Waals surface area contributed by atoms with E-state index in [-0.39, 0.29) is 5.56 Å². The minimum atomic E-state index is -0.933. The molecule has 0 saturated heterocycles. The van der Waals surface area contributed by atoms with Crippen molar-refractivity contribution >= 4 is 17.7 Å². The summed E-state index contributed by atoms with van der Waals surface area (Å²) in [6.07, 6.45) is 1.51. The third-order valence-corrected chi connectivity index (χ3v) is 2.89. The summed E-state index contributed by atoms with van der Waals surface area (Å²) in [4.78, 5) is 15.9. The second-order valence-electron chi connectivity index (χ2n) is 3.10. The number of aromatic nitrogens is 1. The highest BCUT2D eigenvalue weighted by Gasteiger charge is 2.04. The van der Waals surface area contributed by atoms with Crippen molar-refractivity contribution < 1.29 is 9.90 Å². The number of carbonyl (C=O) groups is 1. The van der Waals surface area contributed by atoms with Gasteiger partial charge in [0.05, 0.1) is 5.56 Å². The van der Waals surface area contributed by atoms with Gasteiger partial charge in [-0.15, -0.1) is 0 Å². The zero-order valence-corrected chi connectivity index (χ0v) is 9.15. The van der Waals surface area contributed by atoms with Gasteiger partial charge in [-0.1, -0.05) is 30.0 Å². The number of rotatable bonds is 3. The van der Waals surface area contributed by atoms with Crippen LogP contribution >= 0.6 is 11.8 Å². The maximum atomic E-state index is 10.8. The van der Waals surface area contributed by atoms with Crippen molar-refractivity contribution in [2.75, 3.05) is 0 Å². The van der Waals surface area contributed by atoms with Gasteiger partial charge in [-0.3, -0.25) is 0 Å². The van der Waals surface area contributed by atoms with Crippen LogP contribution in [-0.4, -0.2) is 16.1 Å². The van der Waals surface area contributed by atoms with Crippen molar-refractivity contribution in [3.05, 3.63) is 54.2 Å². The van der Waals surface area contributed by atoms with E-state index in [0.29, 0.717) is 5.03 Å². The first-order valence-electron chi connectivity index (χ1n) is 4.68. The Kier molecular flexibility index (Phi) is 3.22. The molecule has 0 aliphatic carbocycles. The van der Waals surface area contributed by atoms with E-state index in [1.165, 1.54) is 24.0 Å². The molecule has 0 spiro atoms. The smallest absolute Gasteiger partial charge is 0.335 e. The van der Waals surface area contributed by atoms with E-state index in [9.17, 15) is 4.79 Å². The quantitative estimate of drug-likeness (QED) is 0.882. The highest BCUT2D eigenvalue weighted by atomic mass is 32.2. The molecule has 2 aromatic rings. The van der Waals surface area contributed by atoms with E-state index in [0.717, 1.165) is 4.90 Å². The van der Waals surface area contributed by atoms with Gasteiger partial charge in [0.2, 0.25) is 0 Å². The second-order valence-corrected chi connectivity index (χ2v) is 4.20. The molecule has 80 valence electrons. The summed E-state index contributed by atoms with van der Waals surface area (Å²) in [7, 11) is 0. The van der Waals surface area contributed by atoms with Gasteiger partial charge in [0.25, 0.3) is 0 Å². The van der Waals surface area contributed by atoms with Crippen LogP contribution in [0.4, 0.5) is 0 Å². The Labute approximate surface area is 97.2 Å². The molecule has 0 aliphatic heterocycles. The zero-order valence-electron chi connectivity index (χ0n) is 8.33. The summed E-state index contributed by atoms with van der Waals surface area (Å²) < 4.78 is 0. The van der Waals surface area contributed by atoms with Crippen molar-refractivity contribution in [2.45, 2.75) is 9.92 Å². The average Bonchev–Trinajstić information content (AvgIpc) is 2.30. The fourth-order valence-corrected chi connectivity index (χ4v) is 2.04. The molecule has 4 heteroatoms. The third kappa shape index (κ3) is 2.61. The molecule has 0 amide bonds. The lowest BCUT2D eigenvalue weighted by Gasteiger charge is -2.01. The highest BCUT2D eigenvalue weighted by molar-refractivity contribution is 7.99. The van der Waals surface area contributed by atoms with Crippen molar-refractivity contribution in [3.8, 4) is 0 Å². The fraction of sp³-hybridized carbons (Fsp3) is 0. The monoisotopic (exact) mass is 231 g/mol. The molecule has 1 aromatic heterocycles. The lowest BCUT2D eigenvalue weighted by Crippen LogP contribution is -1.96. The molecule has 0 aliphatic rings. The SMILES string of the molecule is O=C(O)c1ccnc(Sc2ccccc2)c1. The van der Waals surface area contributed by atoms with E-state index in [2.05, 4.69) is 4.98 Å². The Hall–Kier alpha value is -1.81. The zero-order chi connectivity index (χ0) is 11.4. The van der Waals surface area contributed by atoms with Crippen molar-refractivity contribution in [1.82, 2.24) is 4.98 Å². The van der Waals surface area contributed by atoms with E-state index >= 15 is 0 Å². The van der Waals surface area contributed by atoms with E-state index in [4.69, 9.17) is 5.11 Å². The van der Waals surface area contributed by atoms with Crippen LogP contribution in [0.5, 0.6) is 0 Å². The van der Waals surface area contributed by atoms with Gasteiger partial charge < -0.3 is 5.11 Å². The largest absolute Gasteiger partial charge is 0.478 e. The second kappa shape index (κ2) is 4.81. The third-order valence-electron chi connectivity index (χ3n) is 1.95. The number of carboxylic acids is 1. The first-order chi connectivity index (χ1) is 7.75. The Balaban J connectivity index is 2.22. The van der Waals surface area contributed by atoms with Crippen LogP contribution < -0.4 is 0 Å². The van der Waals surface area contributed by atoms with Gasteiger partial charge in [-0.2, -0.15) is 0 Å². The molecule has 0 bridgehead atoms. The van der Waals surface area contributed by atoms with Gasteiger partial charge >= 0.3 is 5.97 Å². The van der Waals surface area contributed by atoms with Crippen LogP contribution in [0.1, 0.15) is 10.4 Å². The molecule has 0 unspecified atom stereocenters. The fourth-order valence-electron chi connectivity index (χ4n) is 1.21. The molecule has 1 heterocycles. The Bertz CT molecular complexity index is 499. The molecular weight excluding hydrogens is 222 g/mol. The van der Waals surface area contributed by atoms with Crippen LogP contribution in [0, 0.1) is 0 Å². The highest BCUT2D eigenvalue weighted by Crippen LogP contribution is 2.25. The number of nitrogens with zero attached hydrogens (tertiary/aromatic N) is 1. The molecule has 0 atom stereocenters. The Morgan fingerprint density at radius 2 is 1.94 bits per heavy atom. The van der Waals surface area contributed by atoms with Gasteiger partial charge in [-0.25, -0.2) is 9.78 Å². The van der Waals surface area contributed by atoms with Crippen LogP contribution in [0.2, 0.25) is 0 Å². The molecule has 0 saturated carbocycles. The lowest BCUT2D eigenvalue weighted by atomic mass is 10.3. The molecule has 0 radical (unpaired) electrons. The minimum absolute atomic E-state index is 0.258. The van der Waals surface area contributed by atoms with Gasteiger partial charge in [0, 0.05) is 11.1 Å². The average molecular weight is 231 g/mol. The molecule has 3 nitrogen and oxygen atoms in total. The first kappa shape index (κ1) is 10.7. The summed E-state index contributed by atoms with van der Waals surface area (Å²) in [5.41, 5.74) is 0.258.